The molecule has 0 amide bonds. The lowest BCUT2D eigenvalue weighted by Crippen LogP contribution is -2.17. The van der Waals surface area contributed by atoms with Crippen molar-refractivity contribution in [3.8, 4) is 22.8 Å². The smallest absolute Gasteiger partial charge is 0.333 e. The summed E-state index contributed by atoms with van der Waals surface area (Å²) in [5, 5.41) is 5.37. The van der Waals surface area contributed by atoms with Gasteiger partial charge in [0, 0.05) is 17.6 Å². The van der Waals surface area contributed by atoms with Crippen molar-refractivity contribution in [2.75, 3.05) is 5.73 Å². The van der Waals surface area contributed by atoms with E-state index in [9.17, 15) is 4.79 Å². The zero-order chi connectivity index (χ0) is 21.4. The summed E-state index contributed by atoms with van der Waals surface area (Å²) in [7, 11) is 0. The Morgan fingerprint density at radius 1 is 1.10 bits per heavy atom. The maximum absolute atomic E-state index is 11.7. The van der Waals surface area contributed by atoms with Gasteiger partial charge >= 0.3 is 5.97 Å². The number of hydrogen-bond donors (Lipinski definition) is 1. The minimum Gasteiger partial charge on any atom is -0.457 e. The number of para-hydroxylation sites is 1. The summed E-state index contributed by atoms with van der Waals surface area (Å²) in [5.74, 6) is 1.43. The minimum absolute atomic E-state index is 0.337. The lowest BCUT2D eigenvalue weighted by Gasteiger charge is -2.09. The van der Waals surface area contributed by atoms with Gasteiger partial charge in [-0.15, -0.1) is 0 Å². The van der Waals surface area contributed by atoms with E-state index in [0.29, 0.717) is 46.8 Å². The van der Waals surface area contributed by atoms with Crippen LogP contribution in [0.3, 0.4) is 0 Å². The van der Waals surface area contributed by atoms with Crippen molar-refractivity contribution in [1.29, 1.82) is 0 Å². The van der Waals surface area contributed by atoms with E-state index in [1.54, 1.807) is 4.68 Å². The van der Waals surface area contributed by atoms with E-state index in [2.05, 4.69) is 16.5 Å². The van der Waals surface area contributed by atoms with Crippen LogP contribution >= 0.6 is 0 Å². The fraction of sp³-hybridized carbons (Fsp3) is 0.130. The molecule has 1 aliphatic rings. The second-order valence-electron chi connectivity index (χ2n) is 7.26. The number of hydrogen-bond acceptors (Lipinski definition) is 7. The first-order valence-electron chi connectivity index (χ1n) is 9.77. The van der Waals surface area contributed by atoms with Gasteiger partial charge < -0.3 is 15.2 Å². The molecule has 8 heteroatoms. The van der Waals surface area contributed by atoms with Gasteiger partial charge in [0.15, 0.2) is 5.65 Å². The largest absolute Gasteiger partial charge is 0.457 e. The number of benzene rings is 2. The molecule has 154 valence electrons. The monoisotopic (exact) mass is 413 g/mol. The number of esters is 1. The molecule has 2 N–H and O–H groups in total. The van der Waals surface area contributed by atoms with Gasteiger partial charge in [0.2, 0.25) is 0 Å². The number of cyclic esters (lactones) is 1. The standard InChI is InChI=1S/C23H19N5O3/c1-14-11-18(31-23(14)29)12-28-22-19(21(24)25-13-26-22)20(27-28)15-7-9-17(10-8-15)30-16-5-3-2-4-6-16/h2-10,13,18H,1,11-12H2,(H2,24,25,26)/t18-/m0/s1. The molecule has 3 heterocycles. The van der Waals surface area contributed by atoms with Crippen LogP contribution in [-0.4, -0.2) is 31.8 Å². The number of fused-ring (bicyclic) bond motifs is 1. The van der Waals surface area contributed by atoms with Crippen molar-refractivity contribution in [1.82, 2.24) is 19.7 Å². The molecule has 31 heavy (non-hydrogen) atoms. The van der Waals surface area contributed by atoms with Crippen molar-refractivity contribution < 1.29 is 14.3 Å². The first kappa shape index (κ1) is 18.8. The fourth-order valence-corrected chi connectivity index (χ4v) is 3.59. The maximum Gasteiger partial charge on any atom is 0.333 e. The van der Waals surface area contributed by atoms with E-state index < -0.39 is 0 Å². The molecule has 4 aromatic rings. The molecule has 1 saturated heterocycles. The van der Waals surface area contributed by atoms with Crippen LogP contribution in [0.2, 0.25) is 0 Å². The molecule has 2 aromatic heterocycles. The molecule has 0 saturated carbocycles. The molecular weight excluding hydrogens is 394 g/mol. The Kier molecular flexibility index (Phi) is 4.59. The van der Waals surface area contributed by atoms with E-state index in [4.69, 9.17) is 20.3 Å². The molecular formula is C23H19N5O3. The molecule has 8 nitrogen and oxygen atoms in total. The Bertz CT molecular complexity index is 1270. The average molecular weight is 413 g/mol. The molecule has 0 unspecified atom stereocenters. The summed E-state index contributed by atoms with van der Waals surface area (Å²) in [6, 6.07) is 17.1. The molecule has 5 rings (SSSR count). The molecule has 0 radical (unpaired) electrons. The van der Waals surface area contributed by atoms with E-state index in [-0.39, 0.29) is 12.1 Å². The van der Waals surface area contributed by atoms with Gasteiger partial charge in [0.05, 0.1) is 11.9 Å². The lowest BCUT2D eigenvalue weighted by atomic mass is 10.1. The van der Waals surface area contributed by atoms with Crippen LogP contribution in [0.15, 0.2) is 73.1 Å². The van der Waals surface area contributed by atoms with Crippen LogP contribution in [0.25, 0.3) is 22.3 Å². The molecule has 1 fully saturated rings. The van der Waals surface area contributed by atoms with Gasteiger partial charge in [0.1, 0.15) is 35.4 Å². The average Bonchev–Trinajstić information content (AvgIpc) is 3.30. The molecule has 2 aromatic carbocycles. The molecule has 0 spiro atoms. The first-order valence-corrected chi connectivity index (χ1v) is 9.77. The van der Waals surface area contributed by atoms with Crippen molar-refractivity contribution in [3.63, 3.8) is 0 Å². The molecule has 1 atom stereocenters. The third-order valence-corrected chi connectivity index (χ3v) is 5.08. The van der Waals surface area contributed by atoms with Gasteiger partial charge in [-0.1, -0.05) is 24.8 Å². The highest BCUT2D eigenvalue weighted by molar-refractivity contribution is 5.98. The Hall–Kier alpha value is -4.20. The Labute approximate surface area is 177 Å². The summed E-state index contributed by atoms with van der Waals surface area (Å²) >= 11 is 0. The van der Waals surface area contributed by atoms with E-state index in [0.717, 1.165) is 11.3 Å². The van der Waals surface area contributed by atoms with E-state index in [1.807, 2.05) is 54.6 Å². The summed E-state index contributed by atoms with van der Waals surface area (Å²) in [6.45, 7) is 4.09. The Morgan fingerprint density at radius 2 is 1.84 bits per heavy atom. The van der Waals surface area contributed by atoms with Gasteiger partial charge in [-0.3, -0.25) is 0 Å². The SMILES string of the molecule is C=C1C[C@@H](Cn2nc(-c3ccc(Oc4ccccc4)cc3)c3c(N)ncnc32)OC1=O. The van der Waals surface area contributed by atoms with Crippen LogP contribution < -0.4 is 10.5 Å². The third-order valence-electron chi connectivity index (χ3n) is 5.08. The number of anilines is 1. The van der Waals surface area contributed by atoms with Gasteiger partial charge in [-0.25, -0.2) is 19.4 Å². The number of aromatic nitrogens is 4. The van der Waals surface area contributed by atoms with Crippen molar-refractivity contribution in [3.05, 3.63) is 73.1 Å². The number of nitrogens with two attached hydrogens (primary N) is 1. The van der Waals surface area contributed by atoms with Gasteiger partial charge in [-0.05, 0) is 36.4 Å². The summed E-state index contributed by atoms with van der Waals surface area (Å²) < 4.78 is 12.9. The number of ether oxygens (including phenoxy) is 2. The van der Waals surface area contributed by atoms with Crippen molar-refractivity contribution >= 4 is 22.8 Å². The second-order valence-corrected chi connectivity index (χ2v) is 7.26. The normalized spacial score (nSPS) is 15.9. The Balaban J connectivity index is 1.48. The fourth-order valence-electron chi connectivity index (χ4n) is 3.59. The molecule has 1 aliphatic heterocycles. The Morgan fingerprint density at radius 3 is 2.55 bits per heavy atom. The maximum atomic E-state index is 11.7. The molecule has 0 bridgehead atoms. The number of rotatable bonds is 5. The van der Waals surface area contributed by atoms with Crippen LogP contribution in [0, 0.1) is 0 Å². The van der Waals surface area contributed by atoms with E-state index >= 15 is 0 Å². The van der Waals surface area contributed by atoms with Crippen LogP contribution in [-0.2, 0) is 16.1 Å². The second kappa shape index (κ2) is 7.56. The predicted octanol–water partition coefficient (Wildman–Crippen LogP) is 3.74. The minimum atomic E-state index is -0.371. The van der Waals surface area contributed by atoms with Gasteiger partial charge in [0.25, 0.3) is 0 Å². The summed E-state index contributed by atoms with van der Waals surface area (Å²) in [6.07, 6.45) is 1.52. The molecule has 0 aliphatic carbocycles. The number of carbonyl (C=O) groups is 1. The highest BCUT2D eigenvalue weighted by atomic mass is 16.5. The summed E-state index contributed by atoms with van der Waals surface area (Å²) in [4.78, 5) is 20.2. The summed E-state index contributed by atoms with van der Waals surface area (Å²) in [5.41, 5.74) is 8.71. The van der Waals surface area contributed by atoms with Crippen LogP contribution in [0.5, 0.6) is 11.5 Å². The van der Waals surface area contributed by atoms with Crippen molar-refractivity contribution in [2.45, 2.75) is 19.1 Å². The first-order chi connectivity index (χ1) is 15.1. The number of nitrogens with zero attached hydrogens (tertiary/aromatic N) is 4. The van der Waals surface area contributed by atoms with Gasteiger partial charge in [-0.2, -0.15) is 5.10 Å². The van der Waals surface area contributed by atoms with Crippen LogP contribution in [0.1, 0.15) is 6.42 Å². The number of carbonyl (C=O) groups excluding carboxylic acids is 1. The zero-order valence-corrected chi connectivity index (χ0v) is 16.6. The highest BCUT2D eigenvalue weighted by Gasteiger charge is 2.29. The zero-order valence-electron chi connectivity index (χ0n) is 16.6. The quantitative estimate of drug-likeness (QED) is 0.392. The highest BCUT2D eigenvalue weighted by Crippen LogP contribution is 2.32. The topological polar surface area (TPSA) is 105 Å². The third kappa shape index (κ3) is 3.59. The predicted molar refractivity (Wildman–Crippen MR) is 115 cm³/mol. The van der Waals surface area contributed by atoms with Crippen LogP contribution in [0.4, 0.5) is 5.82 Å². The lowest BCUT2D eigenvalue weighted by molar-refractivity contribution is -0.139. The van der Waals surface area contributed by atoms with E-state index in [1.165, 1.54) is 6.33 Å². The van der Waals surface area contributed by atoms with Crippen molar-refractivity contribution in [2.24, 2.45) is 0 Å². The number of nitrogen functional groups attached to an aromatic ring is 1.